The lowest BCUT2D eigenvalue weighted by Crippen LogP contribution is -2.05. The van der Waals surface area contributed by atoms with Crippen molar-refractivity contribution in [1.29, 1.82) is 0 Å². The molecular weight excluding hydrogens is 228 g/mol. The molecule has 2 N–H and O–H groups in total. The van der Waals surface area contributed by atoms with E-state index in [0.717, 1.165) is 17.7 Å². The molecule has 0 saturated carbocycles. The lowest BCUT2D eigenvalue weighted by molar-refractivity contribution is 0.286. The van der Waals surface area contributed by atoms with Crippen LogP contribution in [0.2, 0.25) is 0 Å². The van der Waals surface area contributed by atoms with Crippen molar-refractivity contribution in [2.24, 2.45) is 0 Å². The van der Waals surface area contributed by atoms with Crippen LogP contribution in [0.1, 0.15) is 5.56 Å². The summed E-state index contributed by atoms with van der Waals surface area (Å²) in [5.74, 6) is 1.15. The van der Waals surface area contributed by atoms with E-state index in [0.29, 0.717) is 18.2 Å². The fraction of sp³-hybridized carbons (Fsp3) is 0.214. The van der Waals surface area contributed by atoms with Crippen LogP contribution in [0, 0.1) is 0 Å². The number of aromatic nitrogens is 1. The average molecular weight is 244 g/mol. The number of ether oxygens (including phenoxy) is 2. The summed E-state index contributed by atoms with van der Waals surface area (Å²) in [5.41, 5.74) is 7.72. The van der Waals surface area contributed by atoms with Crippen LogP contribution in [0.5, 0.6) is 11.6 Å². The van der Waals surface area contributed by atoms with Crippen molar-refractivity contribution in [3.63, 3.8) is 0 Å². The Morgan fingerprint density at radius 1 is 1.17 bits per heavy atom. The van der Waals surface area contributed by atoms with E-state index in [1.54, 1.807) is 19.4 Å². The summed E-state index contributed by atoms with van der Waals surface area (Å²) >= 11 is 0. The molecule has 0 fully saturated rings. The Hall–Kier alpha value is -2.23. The summed E-state index contributed by atoms with van der Waals surface area (Å²) in [6, 6.07) is 11.4. The standard InChI is InChI=1S/C14H16N2O2/c1-17-13-7-4-9-16-14(13)18-10-8-11-5-2-3-6-12(11)15/h2-7,9H,8,10,15H2,1H3. The molecule has 4 nitrogen and oxygen atoms in total. The van der Waals surface area contributed by atoms with Gasteiger partial charge < -0.3 is 15.2 Å². The van der Waals surface area contributed by atoms with Gasteiger partial charge in [0.2, 0.25) is 0 Å². The first-order valence-corrected chi connectivity index (χ1v) is 5.76. The maximum absolute atomic E-state index is 5.86. The molecule has 0 atom stereocenters. The molecule has 0 unspecified atom stereocenters. The highest BCUT2D eigenvalue weighted by Gasteiger charge is 2.04. The van der Waals surface area contributed by atoms with Gasteiger partial charge >= 0.3 is 0 Å². The number of hydrogen-bond donors (Lipinski definition) is 1. The van der Waals surface area contributed by atoms with E-state index >= 15 is 0 Å². The number of nitrogen functional groups attached to an aromatic ring is 1. The molecule has 1 aromatic heterocycles. The van der Waals surface area contributed by atoms with E-state index in [4.69, 9.17) is 15.2 Å². The largest absolute Gasteiger partial charge is 0.491 e. The first-order chi connectivity index (χ1) is 8.81. The van der Waals surface area contributed by atoms with Crippen LogP contribution < -0.4 is 15.2 Å². The van der Waals surface area contributed by atoms with Gasteiger partial charge in [-0.15, -0.1) is 0 Å². The Bertz CT molecular complexity index is 515. The Morgan fingerprint density at radius 2 is 2.00 bits per heavy atom. The number of nitrogens with zero attached hydrogens (tertiary/aromatic N) is 1. The molecule has 0 aliphatic carbocycles. The van der Waals surface area contributed by atoms with Crippen molar-refractivity contribution in [3.8, 4) is 11.6 Å². The SMILES string of the molecule is COc1cccnc1OCCc1ccccc1N. The number of pyridine rings is 1. The lowest BCUT2D eigenvalue weighted by atomic mass is 10.1. The normalized spacial score (nSPS) is 10.1. The fourth-order valence-corrected chi connectivity index (χ4v) is 1.66. The van der Waals surface area contributed by atoms with Crippen LogP contribution in [0.15, 0.2) is 42.6 Å². The molecule has 0 bridgehead atoms. The fourth-order valence-electron chi connectivity index (χ4n) is 1.66. The quantitative estimate of drug-likeness (QED) is 0.820. The molecule has 0 aliphatic rings. The minimum atomic E-state index is 0.509. The van der Waals surface area contributed by atoms with E-state index in [-0.39, 0.29) is 0 Å². The molecule has 2 rings (SSSR count). The van der Waals surface area contributed by atoms with Crippen LogP contribution in [0.3, 0.4) is 0 Å². The highest BCUT2D eigenvalue weighted by molar-refractivity contribution is 5.46. The van der Waals surface area contributed by atoms with Gasteiger partial charge in [0.25, 0.3) is 5.88 Å². The monoisotopic (exact) mass is 244 g/mol. The summed E-state index contributed by atoms with van der Waals surface area (Å²) < 4.78 is 10.8. The van der Waals surface area contributed by atoms with E-state index in [9.17, 15) is 0 Å². The molecule has 94 valence electrons. The number of para-hydroxylation sites is 1. The van der Waals surface area contributed by atoms with Crippen LogP contribution >= 0.6 is 0 Å². The predicted octanol–water partition coefficient (Wildman–Crippen LogP) is 2.29. The number of anilines is 1. The Kier molecular flexibility index (Phi) is 4.02. The van der Waals surface area contributed by atoms with E-state index in [2.05, 4.69) is 4.98 Å². The van der Waals surface area contributed by atoms with E-state index in [1.807, 2.05) is 30.3 Å². The van der Waals surface area contributed by atoms with Gasteiger partial charge in [0, 0.05) is 18.3 Å². The summed E-state index contributed by atoms with van der Waals surface area (Å²) in [4.78, 5) is 4.12. The minimum absolute atomic E-state index is 0.509. The van der Waals surface area contributed by atoms with Crippen LogP contribution in [-0.2, 0) is 6.42 Å². The second kappa shape index (κ2) is 5.91. The second-order valence-electron chi connectivity index (χ2n) is 3.81. The molecule has 0 aliphatic heterocycles. The maximum Gasteiger partial charge on any atom is 0.256 e. The van der Waals surface area contributed by atoms with Gasteiger partial charge in [0.15, 0.2) is 5.75 Å². The van der Waals surface area contributed by atoms with Gasteiger partial charge in [-0.1, -0.05) is 18.2 Å². The summed E-state index contributed by atoms with van der Waals surface area (Å²) in [6.07, 6.45) is 2.42. The molecule has 1 aromatic carbocycles. The van der Waals surface area contributed by atoms with E-state index < -0.39 is 0 Å². The number of hydrogen-bond acceptors (Lipinski definition) is 4. The Balaban J connectivity index is 1.95. The first kappa shape index (κ1) is 12.2. The topological polar surface area (TPSA) is 57.4 Å². The van der Waals surface area contributed by atoms with Crippen LogP contribution in [0.25, 0.3) is 0 Å². The van der Waals surface area contributed by atoms with Gasteiger partial charge in [-0.25, -0.2) is 4.98 Å². The second-order valence-corrected chi connectivity index (χ2v) is 3.81. The molecule has 0 saturated heterocycles. The van der Waals surface area contributed by atoms with Gasteiger partial charge in [0.05, 0.1) is 13.7 Å². The van der Waals surface area contributed by atoms with Gasteiger partial charge in [0.1, 0.15) is 0 Å². The zero-order valence-electron chi connectivity index (χ0n) is 10.3. The smallest absolute Gasteiger partial charge is 0.256 e. The molecule has 1 heterocycles. The van der Waals surface area contributed by atoms with Crippen molar-refractivity contribution in [2.75, 3.05) is 19.5 Å². The van der Waals surface area contributed by atoms with Crippen molar-refractivity contribution in [2.45, 2.75) is 6.42 Å². The van der Waals surface area contributed by atoms with E-state index in [1.165, 1.54) is 0 Å². The van der Waals surface area contributed by atoms with Gasteiger partial charge in [-0.2, -0.15) is 0 Å². The van der Waals surface area contributed by atoms with Gasteiger partial charge in [-0.3, -0.25) is 0 Å². The predicted molar refractivity (Wildman–Crippen MR) is 70.8 cm³/mol. The molecular formula is C14H16N2O2. The Morgan fingerprint density at radius 3 is 2.78 bits per heavy atom. The van der Waals surface area contributed by atoms with Crippen molar-refractivity contribution < 1.29 is 9.47 Å². The molecule has 4 heteroatoms. The summed E-state index contributed by atoms with van der Waals surface area (Å²) in [6.45, 7) is 0.515. The molecule has 0 spiro atoms. The zero-order chi connectivity index (χ0) is 12.8. The lowest BCUT2D eigenvalue weighted by Gasteiger charge is -2.09. The Labute approximate surface area is 106 Å². The highest BCUT2D eigenvalue weighted by Crippen LogP contribution is 2.23. The number of methoxy groups -OCH3 is 1. The van der Waals surface area contributed by atoms with Crippen LogP contribution in [0.4, 0.5) is 5.69 Å². The minimum Gasteiger partial charge on any atom is -0.491 e. The zero-order valence-corrected chi connectivity index (χ0v) is 10.3. The molecule has 0 amide bonds. The number of rotatable bonds is 5. The third-order valence-electron chi connectivity index (χ3n) is 2.62. The maximum atomic E-state index is 5.86. The summed E-state index contributed by atoms with van der Waals surface area (Å²) in [5, 5.41) is 0. The molecule has 18 heavy (non-hydrogen) atoms. The van der Waals surface area contributed by atoms with Crippen molar-refractivity contribution in [1.82, 2.24) is 4.98 Å². The highest BCUT2D eigenvalue weighted by atomic mass is 16.5. The third-order valence-corrected chi connectivity index (χ3v) is 2.62. The van der Waals surface area contributed by atoms with Crippen molar-refractivity contribution in [3.05, 3.63) is 48.2 Å². The molecule has 0 radical (unpaired) electrons. The third kappa shape index (κ3) is 2.91. The number of nitrogens with two attached hydrogens (primary N) is 1. The number of benzene rings is 1. The first-order valence-electron chi connectivity index (χ1n) is 5.76. The van der Waals surface area contributed by atoms with Crippen molar-refractivity contribution >= 4 is 5.69 Å². The van der Waals surface area contributed by atoms with Gasteiger partial charge in [-0.05, 0) is 23.8 Å². The summed E-state index contributed by atoms with van der Waals surface area (Å²) in [7, 11) is 1.60. The average Bonchev–Trinajstić information content (AvgIpc) is 2.41. The molecule has 2 aromatic rings. The van der Waals surface area contributed by atoms with Crippen LogP contribution in [-0.4, -0.2) is 18.7 Å².